The Bertz CT molecular complexity index is 762. The van der Waals surface area contributed by atoms with E-state index in [1.165, 1.54) is 24.5 Å². The summed E-state index contributed by atoms with van der Waals surface area (Å²) in [5.41, 5.74) is 0.424. The molecule has 0 aliphatic heterocycles. The molecule has 0 unspecified atom stereocenters. The standard InChI is InChI=1S/C15H10F3NOS/c1-20-12-7-6-9(8-10(12)15(16,17)18)14-19-11-4-2-3-5-13(11)21-14/h2-8H,1H3. The van der Waals surface area contributed by atoms with Crippen LogP contribution in [0.1, 0.15) is 5.56 Å². The summed E-state index contributed by atoms with van der Waals surface area (Å²) in [4.78, 5) is 4.37. The molecule has 0 saturated carbocycles. The zero-order valence-corrected chi connectivity index (χ0v) is 11.8. The van der Waals surface area contributed by atoms with Crippen molar-refractivity contribution in [3.05, 3.63) is 48.0 Å². The number of benzene rings is 2. The maximum absolute atomic E-state index is 13.0. The van der Waals surface area contributed by atoms with Crippen LogP contribution in [0.2, 0.25) is 0 Å². The topological polar surface area (TPSA) is 22.1 Å². The largest absolute Gasteiger partial charge is 0.496 e. The van der Waals surface area contributed by atoms with Gasteiger partial charge in [-0.05, 0) is 30.3 Å². The van der Waals surface area contributed by atoms with Crippen LogP contribution in [0.25, 0.3) is 20.8 Å². The Kier molecular flexibility index (Phi) is 3.33. The number of ether oxygens (including phenoxy) is 1. The first-order valence-electron chi connectivity index (χ1n) is 6.10. The van der Waals surface area contributed by atoms with Gasteiger partial charge in [-0.25, -0.2) is 4.98 Å². The number of fused-ring (bicyclic) bond motifs is 1. The third-order valence-electron chi connectivity index (χ3n) is 3.05. The van der Waals surface area contributed by atoms with Crippen LogP contribution in [-0.4, -0.2) is 12.1 Å². The summed E-state index contributed by atoms with van der Waals surface area (Å²) < 4.78 is 44.8. The second kappa shape index (κ2) is 5.04. The summed E-state index contributed by atoms with van der Waals surface area (Å²) in [5.74, 6) is -0.188. The zero-order valence-electron chi connectivity index (χ0n) is 10.9. The molecule has 0 saturated heterocycles. The lowest BCUT2D eigenvalue weighted by Gasteiger charge is -2.12. The minimum Gasteiger partial charge on any atom is -0.496 e. The third-order valence-corrected chi connectivity index (χ3v) is 4.13. The van der Waals surface area contributed by atoms with E-state index >= 15 is 0 Å². The average Bonchev–Trinajstić information content (AvgIpc) is 2.89. The van der Waals surface area contributed by atoms with Crippen LogP contribution in [0.5, 0.6) is 5.75 Å². The van der Waals surface area contributed by atoms with Gasteiger partial charge in [-0.2, -0.15) is 13.2 Å². The van der Waals surface area contributed by atoms with Crippen molar-refractivity contribution in [2.24, 2.45) is 0 Å². The van der Waals surface area contributed by atoms with Gasteiger partial charge in [-0.1, -0.05) is 12.1 Å². The molecule has 1 aromatic heterocycles. The number of hydrogen-bond acceptors (Lipinski definition) is 3. The molecule has 108 valence electrons. The third kappa shape index (κ3) is 2.58. The molecular weight excluding hydrogens is 299 g/mol. The summed E-state index contributed by atoms with van der Waals surface area (Å²) in [5, 5.41) is 0.560. The fourth-order valence-corrected chi connectivity index (χ4v) is 3.02. The second-order valence-corrected chi connectivity index (χ2v) is 5.43. The van der Waals surface area contributed by atoms with E-state index < -0.39 is 11.7 Å². The average molecular weight is 309 g/mol. The van der Waals surface area contributed by atoms with Crippen molar-refractivity contribution in [1.29, 1.82) is 0 Å². The smallest absolute Gasteiger partial charge is 0.419 e. The lowest BCUT2D eigenvalue weighted by molar-refractivity contribution is -0.138. The second-order valence-electron chi connectivity index (χ2n) is 4.40. The lowest BCUT2D eigenvalue weighted by Crippen LogP contribution is -2.07. The number of nitrogens with zero attached hydrogens (tertiary/aromatic N) is 1. The van der Waals surface area contributed by atoms with Gasteiger partial charge >= 0.3 is 6.18 Å². The molecule has 0 fully saturated rings. The van der Waals surface area contributed by atoms with Gasteiger partial charge in [-0.3, -0.25) is 0 Å². The van der Waals surface area contributed by atoms with E-state index in [0.29, 0.717) is 10.6 Å². The Morgan fingerprint density at radius 3 is 2.52 bits per heavy atom. The van der Waals surface area contributed by atoms with E-state index in [-0.39, 0.29) is 5.75 Å². The maximum Gasteiger partial charge on any atom is 0.419 e. The predicted octanol–water partition coefficient (Wildman–Crippen LogP) is 4.99. The Hall–Kier alpha value is -2.08. The number of methoxy groups -OCH3 is 1. The first-order chi connectivity index (χ1) is 9.99. The maximum atomic E-state index is 13.0. The van der Waals surface area contributed by atoms with Crippen molar-refractivity contribution >= 4 is 21.6 Å². The van der Waals surface area contributed by atoms with Gasteiger partial charge in [0.25, 0.3) is 0 Å². The summed E-state index contributed by atoms with van der Waals surface area (Å²) >= 11 is 1.36. The number of rotatable bonds is 2. The number of halogens is 3. The monoisotopic (exact) mass is 309 g/mol. The highest BCUT2D eigenvalue weighted by Gasteiger charge is 2.34. The van der Waals surface area contributed by atoms with E-state index in [9.17, 15) is 13.2 Å². The van der Waals surface area contributed by atoms with E-state index in [2.05, 4.69) is 4.98 Å². The Morgan fingerprint density at radius 1 is 1.10 bits per heavy atom. The molecular formula is C15H10F3NOS. The number of para-hydroxylation sites is 1. The lowest BCUT2D eigenvalue weighted by atomic mass is 10.1. The van der Waals surface area contributed by atoms with E-state index in [1.807, 2.05) is 24.3 Å². The quantitative estimate of drug-likeness (QED) is 0.665. The number of hydrogen-bond donors (Lipinski definition) is 0. The molecule has 2 aromatic carbocycles. The number of aromatic nitrogens is 1. The molecule has 3 aromatic rings. The minimum atomic E-state index is -4.46. The molecule has 0 aliphatic rings. The summed E-state index contributed by atoms with van der Waals surface area (Å²) in [6.07, 6.45) is -4.46. The number of thiazole rings is 1. The SMILES string of the molecule is COc1ccc(-c2nc3ccccc3s2)cc1C(F)(F)F. The highest BCUT2D eigenvalue weighted by molar-refractivity contribution is 7.21. The van der Waals surface area contributed by atoms with Gasteiger partial charge in [-0.15, -0.1) is 11.3 Å². The highest BCUT2D eigenvalue weighted by atomic mass is 32.1. The van der Waals surface area contributed by atoms with Crippen molar-refractivity contribution in [2.45, 2.75) is 6.18 Å². The molecule has 2 nitrogen and oxygen atoms in total. The van der Waals surface area contributed by atoms with E-state index in [0.717, 1.165) is 16.3 Å². The van der Waals surface area contributed by atoms with Gasteiger partial charge in [0.1, 0.15) is 10.8 Å². The van der Waals surface area contributed by atoms with E-state index in [1.54, 1.807) is 6.07 Å². The molecule has 3 rings (SSSR count). The minimum absolute atomic E-state index is 0.188. The molecule has 0 N–H and O–H groups in total. The Labute approximate surface area is 122 Å². The van der Waals surface area contributed by atoms with Crippen molar-refractivity contribution < 1.29 is 17.9 Å². The summed E-state index contributed by atoms with van der Waals surface area (Å²) in [6.45, 7) is 0. The summed E-state index contributed by atoms with van der Waals surface area (Å²) in [6, 6.07) is 11.4. The molecule has 1 heterocycles. The fourth-order valence-electron chi connectivity index (χ4n) is 2.06. The van der Waals surface area contributed by atoms with Crippen molar-refractivity contribution in [3.63, 3.8) is 0 Å². The van der Waals surface area contributed by atoms with Crippen LogP contribution in [0.15, 0.2) is 42.5 Å². The van der Waals surface area contributed by atoms with Crippen LogP contribution in [0.4, 0.5) is 13.2 Å². The zero-order chi connectivity index (χ0) is 15.0. The molecule has 0 aliphatic carbocycles. The molecule has 6 heteroatoms. The highest BCUT2D eigenvalue weighted by Crippen LogP contribution is 2.39. The molecule has 0 radical (unpaired) electrons. The van der Waals surface area contributed by atoms with Gasteiger partial charge in [0.2, 0.25) is 0 Å². The number of alkyl halides is 3. The van der Waals surface area contributed by atoms with Crippen LogP contribution in [-0.2, 0) is 6.18 Å². The van der Waals surface area contributed by atoms with Crippen LogP contribution < -0.4 is 4.74 Å². The van der Waals surface area contributed by atoms with Gasteiger partial charge in [0, 0.05) is 5.56 Å². The summed E-state index contributed by atoms with van der Waals surface area (Å²) in [7, 11) is 1.22. The van der Waals surface area contributed by atoms with E-state index in [4.69, 9.17) is 4.74 Å². The molecule has 21 heavy (non-hydrogen) atoms. The Morgan fingerprint density at radius 2 is 1.86 bits per heavy atom. The first-order valence-corrected chi connectivity index (χ1v) is 6.92. The fraction of sp³-hybridized carbons (Fsp3) is 0.133. The van der Waals surface area contributed by atoms with Crippen LogP contribution in [0.3, 0.4) is 0 Å². The molecule has 0 spiro atoms. The van der Waals surface area contributed by atoms with Gasteiger partial charge in [0.05, 0.1) is 22.9 Å². The molecule has 0 atom stereocenters. The van der Waals surface area contributed by atoms with Crippen LogP contribution in [0, 0.1) is 0 Å². The Balaban J connectivity index is 2.14. The predicted molar refractivity (Wildman–Crippen MR) is 76.6 cm³/mol. The van der Waals surface area contributed by atoms with Crippen molar-refractivity contribution in [2.75, 3.05) is 7.11 Å². The van der Waals surface area contributed by atoms with Crippen molar-refractivity contribution in [1.82, 2.24) is 4.98 Å². The molecule has 0 bridgehead atoms. The van der Waals surface area contributed by atoms with Crippen molar-refractivity contribution in [3.8, 4) is 16.3 Å². The van der Waals surface area contributed by atoms with Crippen LogP contribution >= 0.6 is 11.3 Å². The van der Waals surface area contributed by atoms with Gasteiger partial charge in [0.15, 0.2) is 0 Å². The first kappa shape index (κ1) is 13.9. The normalized spacial score (nSPS) is 11.8. The van der Waals surface area contributed by atoms with Gasteiger partial charge < -0.3 is 4.74 Å². The molecule has 0 amide bonds.